The van der Waals surface area contributed by atoms with Crippen LogP contribution in [-0.4, -0.2) is 45.1 Å². The summed E-state index contributed by atoms with van der Waals surface area (Å²) in [4.78, 5) is 34.9. The second kappa shape index (κ2) is 8.99. The topological polar surface area (TPSA) is 87.2 Å². The fraction of sp³-hybridized carbons (Fsp3) is 0.619. The first-order chi connectivity index (χ1) is 14.4. The number of aromatic nitrogens is 2. The van der Waals surface area contributed by atoms with Crippen LogP contribution in [0.4, 0.5) is 8.78 Å². The van der Waals surface area contributed by atoms with Crippen LogP contribution in [-0.2, 0) is 10.5 Å². The Morgan fingerprint density at radius 2 is 2.03 bits per heavy atom. The van der Waals surface area contributed by atoms with Gasteiger partial charge in [0.25, 0.3) is 5.56 Å². The molecule has 9 heteroatoms. The summed E-state index contributed by atoms with van der Waals surface area (Å²) in [7, 11) is 0. The molecule has 1 aromatic heterocycles. The van der Waals surface area contributed by atoms with Gasteiger partial charge in [0, 0.05) is 18.2 Å². The third-order valence-electron chi connectivity index (χ3n) is 5.95. The lowest BCUT2D eigenvalue weighted by molar-refractivity contribution is -0.119. The Balaban J connectivity index is 1.48. The number of thioether (sulfide) groups is 1. The van der Waals surface area contributed by atoms with E-state index in [0.29, 0.717) is 16.8 Å². The molecule has 2 saturated carbocycles. The first-order valence-corrected chi connectivity index (χ1v) is 11.6. The number of H-pyrrole nitrogens is 1. The zero-order chi connectivity index (χ0) is 21.3. The monoisotopic (exact) mass is 436 g/mol. The van der Waals surface area contributed by atoms with E-state index in [4.69, 9.17) is 0 Å². The maximum absolute atomic E-state index is 14.5. The average molecular weight is 437 g/mol. The van der Waals surface area contributed by atoms with Crippen molar-refractivity contribution in [3.63, 3.8) is 0 Å². The number of carbonyl (C=O) groups excluding carboxylic acids is 1. The summed E-state index contributed by atoms with van der Waals surface area (Å²) in [6.45, 7) is 1.53. The van der Waals surface area contributed by atoms with Gasteiger partial charge in [0.1, 0.15) is 11.0 Å². The number of aromatic amines is 1. The molecule has 1 atom stereocenters. The highest BCUT2D eigenvalue weighted by Crippen LogP contribution is 2.30. The molecule has 0 aliphatic heterocycles. The van der Waals surface area contributed by atoms with Gasteiger partial charge in [-0.2, -0.15) is 11.8 Å². The van der Waals surface area contributed by atoms with Gasteiger partial charge < -0.3 is 10.3 Å². The normalized spacial score (nSPS) is 27.9. The molecule has 30 heavy (non-hydrogen) atoms. The van der Waals surface area contributed by atoms with Crippen molar-refractivity contribution in [2.24, 2.45) is 4.99 Å². The van der Waals surface area contributed by atoms with Crippen LogP contribution in [0.5, 0.6) is 0 Å². The minimum absolute atomic E-state index is 0.00189. The molecule has 1 aromatic rings. The molecule has 162 valence electrons. The molecule has 2 fully saturated rings. The quantitative estimate of drug-likeness (QED) is 0.735. The number of hydrogen-bond donors (Lipinski definition) is 2. The molecule has 0 spiro atoms. The Morgan fingerprint density at radius 3 is 2.67 bits per heavy atom. The lowest BCUT2D eigenvalue weighted by Gasteiger charge is -2.28. The van der Waals surface area contributed by atoms with Crippen molar-refractivity contribution < 1.29 is 13.6 Å². The van der Waals surface area contributed by atoms with Gasteiger partial charge in [-0.3, -0.25) is 14.6 Å². The maximum atomic E-state index is 14.5. The molecule has 3 aliphatic carbocycles. The van der Waals surface area contributed by atoms with E-state index in [-0.39, 0.29) is 34.3 Å². The van der Waals surface area contributed by atoms with E-state index in [1.165, 1.54) is 13.0 Å². The van der Waals surface area contributed by atoms with E-state index in [2.05, 4.69) is 20.3 Å². The van der Waals surface area contributed by atoms with Gasteiger partial charge in [-0.25, -0.2) is 13.8 Å². The molecule has 0 saturated heterocycles. The molecule has 3 aliphatic rings. The molecule has 1 heterocycles. The number of alkyl halides is 1. The Labute approximate surface area is 177 Å². The van der Waals surface area contributed by atoms with Gasteiger partial charge in [-0.1, -0.05) is 0 Å². The van der Waals surface area contributed by atoms with Crippen molar-refractivity contribution >= 4 is 35.3 Å². The molecule has 2 N–H and O–H groups in total. The highest BCUT2D eigenvalue weighted by molar-refractivity contribution is 7.99. The summed E-state index contributed by atoms with van der Waals surface area (Å²) < 4.78 is 29.0. The van der Waals surface area contributed by atoms with Crippen LogP contribution in [0.2, 0.25) is 0 Å². The van der Waals surface area contributed by atoms with Gasteiger partial charge in [0.05, 0.1) is 22.9 Å². The van der Waals surface area contributed by atoms with Gasteiger partial charge in [0.15, 0.2) is 12.0 Å². The summed E-state index contributed by atoms with van der Waals surface area (Å²) >= 11 is 1.69. The van der Waals surface area contributed by atoms with Crippen molar-refractivity contribution in [1.82, 2.24) is 15.3 Å². The minimum Gasteiger partial charge on any atom is -0.354 e. The second-order valence-electron chi connectivity index (χ2n) is 8.25. The molecule has 1 unspecified atom stereocenters. The summed E-state index contributed by atoms with van der Waals surface area (Å²) in [6.07, 6.45) is 6.04. The van der Waals surface area contributed by atoms with Gasteiger partial charge >= 0.3 is 0 Å². The molecule has 6 nitrogen and oxygen atoms in total. The number of fused-ring (bicyclic) bond motifs is 1. The van der Waals surface area contributed by atoms with Crippen LogP contribution in [0.1, 0.15) is 57.7 Å². The highest BCUT2D eigenvalue weighted by atomic mass is 32.2. The van der Waals surface area contributed by atoms with Crippen LogP contribution in [0.15, 0.2) is 9.79 Å². The number of nitrogens with zero attached hydrogens (tertiary/aromatic N) is 2. The number of aliphatic imine (C=N–C) groups is 1. The fourth-order valence-corrected chi connectivity index (χ4v) is 5.24. The predicted molar refractivity (Wildman–Crippen MR) is 114 cm³/mol. The molecule has 0 aromatic carbocycles. The lowest BCUT2D eigenvalue weighted by atomic mass is 9.93. The van der Waals surface area contributed by atoms with Crippen LogP contribution >= 0.6 is 11.8 Å². The van der Waals surface area contributed by atoms with Crippen molar-refractivity contribution in [1.29, 1.82) is 0 Å². The highest BCUT2D eigenvalue weighted by Gasteiger charge is 2.28. The van der Waals surface area contributed by atoms with Crippen LogP contribution in [0, 0.1) is 0 Å². The summed E-state index contributed by atoms with van der Waals surface area (Å²) in [5.41, 5.74) is -0.623. The predicted octanol–water partition coefficient (Wildman–Crippen LogP) is 1.65. The van der Waals surface area contributed by atoms with E-state index < -0.39 is 17.6 Å². The van der Waals surface area contributed by atoms with Crippen molar-refractivity contribution in [3.05, 3.63) is 26.7 Å². The molecular formula is C21H26F2N4O2S. The molecule has 4 rings (SSSR count). The molecular weight excluding hydrogens is 410 g/mol. The standard InChI is InChI=1S/C21H26F2N4O2S/c1-11(28)24-13-5-7-14(8-6-13)30-10-17-26-15-9-16(25-12-3-2-4-12)19(22)20(23)18(15)21(29)27-17/h9,12-14,19H,2-8,10H2,1H3,(H,24,28)(H,26,27,29). The Bertz CT molecular complexity index is 1030. The Kier molecular flexibility index (Phi) is 6.36. The third kappa shape index (κ3) is 4.66. The number of rotatable bonds is 5. The SMILES string of the molecule is CC(=O)NC1CCC(SCc2nc3c(c(=O)[nH]2)=C(F)C(F)C(=NC2CCC2)C=3)CC1. The number of carbonyl (C=O) groups is 1. The first-order valence-electron chi connectivity index (χ1n) is 10.5. The van der Waals surface area contributed by atoms with Gasteiger partial charge in [0.2, 0.25) is 5.91 Å². The van der Waals surface area contributed by atoms with E-state index in [0.717, 1.165) is 44.9 Å². The maximum Gasteiger partial charge on any atom is 0.261 e. The fourth-order valence-electron chi connectivity index (χ4n) is 4.10. The summed E-state index contributed by atoms with van der Waals surface area (Å²) in [5, 5.41) is 3.21. The van der Waals surface area contributed by atoms with Crippen LogP contribution in [0.3, 0.4) is 0 Å². The van der Waals surface area contributed by atoms with E-state index in [1.807, 2.05) is 0 Å². The van der Waals surface area contributed by atoms with E-state index >= 15 is 0 Å². The zero-order valence-electron chi connectivity index (χ0n) is 16.9. The smallest absolute Gasteiger partial charge is 0.261 e. The largest absolute Gasteiger partial charge is 0.354 e. The number of hydrogen-bond acceptors (Lipinski definition) is 5. The Hall–Kier alpha value is -2.03. The molecule has 0 bridgehead atoms. The molecule has 1 amide bonds. The minimum atomic E-state index is -2.00. The van der Waals surface area contributed by atoms with E-state index in [1.54, 1.807) is 11.8 Å². The summed E-state index contributed by atoms with van der Waals surface area (Å²) in [6, 6.07) is 0.268. The lowest BCUT2D eigenvalue weighted by Crippen LogP contribution is -2.50. The van der Waals surface area contributed by atoms with E-state index in [9.17, 15) is 18.4 Å². The zero-order valence-corrected chi connectivity index (χ0v) is 17.7. The van der Waals surface area contributed by atoms with Crippen LogP contribution in [0.25, 0.3) is 11.9 Å². The van der Waals surface area contributed by atoms with Crippen molar-refractivity contribution in [3.8, 4) is 0 Å². The van der Waals surface area contributed by atoms with Gasteiger partial charge in [-0.05, 0) is 51.0 Å². The summed E-state index contributed by atoms with van der Waals surface area (Å²) in [5.74, 6) is -0.161. The average Bonchev–Trinajstić information content (AvgIpc) is 2.67. The number of nitrogens with one attached hydrogen (secondary N) is 2. The third-order valence-corrected chi connectivity index (χ3v) is 7.33. The van der Waals surface area contributed by atoms with Crippen LogP contribution < -0.4 is 21.4 Å². The molecule has 0 radical (unpaired) electrons. The second-order valence-corrected chi connectivity index (χ2v) is 9.54. The number of halogens is 2. The van der Waals surface area contributed by atoms with Crippen molar-refractivity contribution in [2.45, 2.75) is 81.1 Å². The van der Waals surface area contributed by atoms with Gasteiger partial charge in [-0.15, -0.1) is 0 Å². The Morgan fingerprint density at radius 1 is 1.30 bits per heavy atom. The van der Waals surface area contributed by atoms with Crippen molar-refractivity contribution in [2.75, 3.05) is 0 Å². The number of amides is 1. The first kappa shape index (κ1) is 21.2.